The van der Waals surface area contributed by atoms with Gasteiger partial charge in [-0.3, -0.25) is 9.59 Å². The van der Waals surface area contributed by atoms with Gasteiger partial charge in [0.05, 0.1) is 5.92 Å². The van der Waals surface area contributed by atoms with Gasteiger partial charge in [0, 0.05) is 24.3 Å². The van der Waals surface area contributed by atoms with E-state index >= 15 is 0 Å². The van der Waals surface area contributed by atoms with Crippen LogP contribution in [0.25, 0.3) is 0 Å². The summed E-state index contributed by atoms with van der Waals surface area (Å²) >= 11 is 0. The molecule has 5 heteroatoms. The molecule has 1 amide bonds. The van der Waals surface area contributed by atoms with E-state index in [-0.39, 0.29) is 18.9 Å². The van der Waals surface area contributed by atoms with Gasteiger partial charge >= 0.3 is 5.97 Å². The lowest BCUT2D eigenvalue weighted by molar-refractivity contribution is -0.141. The van der Waals surface area contributed by atoms with Gasteiger partial charge in [0.1, 0.15) is 0 Å². The van der Waals surface area contributed by atoms with Crippen molar-refractivity contribution in [2.24, 2.45) is 5.92 Å². The Hall–Kier alpha value is -2.04. The number of carboxylic acids is 1. The second-order valence-electron chi connectivity index (χ2n) is 3.84. The van der Waals surface area contributed by atoms with Crippen LogP contribution in [0, 0.1) is 5.92 Å². The Morgan fingerprint density at radius 2 is 2.00 bits per heavy atom. The van der Waals surface area contributed by atoms with Gasteiger partial charge in [-0.25, -0.2) is 0 Å². The highest BCUT2D eigenvalue weighted by Crippen LogP contribution is 2.25. The van der Waals surface area contributed by atoms with Crippen LogP contribution >= 0.6 is 0 Å². The Balaban J connectivity index is 2.20. The number of anilines is 2. The minimum atomic E-state index is -0.925. The van der Waals surface area contributed by atoms with Crippen molar-refractivity contribution in [3.8, 4) is 0 Å². The highest BCUT2D eigenvalue weighted by molar-refractivity contribution is 5.99. The van der Waals surface area contributed by atoms with Crippen molar-refractivity contribution in [1.29, 1.82) is 0 Å². The monoisotopic (exact) mass is 220 g/mol. The van der Waals surface area contributed by atoms with E-state index in [1.54, 1.807) is 24.3 Å². The molecule has 5 nitrogen and oxygen atoms in total. The van der Waals surface area contributed by atoms with Gasteiger partial charge in [0.25, 0.3) is 0 Å². The Bertz CT molecular complexity index is 427. The summed E-state index contributed by atoms with van der Waals surface area (Å²) in [7, 11) is 0. The van der Waals surface area contributed by atoms with E-state index in [0.29, 0.717) is 11.4 Å². The Morgan fingerprint density at radius 1 is 1.38 bits per heavy atom. The standard InChI is InChI=1S/C11H12N2O3/c12-8-1-3-9(4-2-8)13-6-7(11(15)16)5-10(13)14/h1-4,7H,5-6,12H2,(H,15,16). The molecule has 1 aromatic carbocycles. The number of carboxylic acid groups (broad SMARTS) is 1. The first kappa shape index (κ1) is 10.5. The summed E-state index contributed by atoms with van der Waals surface area (Å²) in [6, 6.07) is 6.82. The number of carbonyl (C=O) groups excluding carboxylic acids is 1. The third kappa shape index (κ3) is 1.84. The quantitative estimate of drug-likeness (QED) is 0.719. The Kier molecular flexibility index (Phi) is 2.52. The maximum atomic E-state index is 11.6. The molecule has 84 valence electrons. The zero-order chi connectivity index (χ0) is 11.7. The van der Waals surface area contributed by atoms with E-state index < -0.39 is 11.9 Å². The Morgan fingerprint density at radius 3 is 2.50 bits per heavy atom. The lowest BCUT2D eigenvalue weighted by Gasteiger charge is -2.15. The number of rotatable bonds is 2. The molecule has 3 N–H and O–H groups in total. The molecule has 1 aromatic rings. The van der Waals surface area contributed by atoms with Crippen LogP contribution in [0.4, 0.5) is 11.4 Å². The van der Waals surface area contributed by atoms with Gasteiger partial charge in [0.2, 0.25) is 5.91 Å². The third-order valence-electron chi connectivity index (χ3n) is 2.68. The molecule has 0 radical (unpaired) electrons. The number of benzene rings is 1. The molecule has 1 fully saturated rings. The number of nitrogen functional groups attached to an aromatic ring is 1. The predicted molar refractivity (Wildman–Crippen MR) is 59.0 cm³/mol. The molecule has 1 atom stereocenters. The van der Waals surface area contributed by atoms with Crippen molar-refractivity contribution < 1.29 is 14.7 Å². The molecule has 1 heterocycles. The van der Waals surface area contributed by atoms with E-state index in [2.05, 4.69) is 0 Å². The molecule has 0 spiro atoms. The smallest absolute Gasteiger partial charge is 0.308 e. The maximum absolute atomic E-state index is 11.6. The number of amides is 1. The topological polar surface area (TPSA) is 83.6 Å². The molecule has 2 rings (SSSR count). The van der Waals surface area contributed by atoms with Crippen LogP contribution in [-0.4, -0.2) is 23.5 Å². The molecular weight excluding hydrogens is 208 g/mol. The van der Waals surface area contributed by atoms with Crippen LogP contribution in [0.3, 0.4) is 0 Å². The van der Waals surface area contributed by atoms with E-state index in [0.717, 1.165) is 0 Å². The van der Waals surface area contributed by atoms with E-state index in [1.165, 1.54) is 4.90 Å². The number of carbonyl (C=O) groups is 2. The second kappa shape index (κ2) is 3.84. The molecule has 0 bridgehead atoms. The van der Waals surface area contributed by atoms with E-state index in [1.807, 2.05) is 0 Å². The third-order valence-corrected chi connectivity index (χ3v) is 2.68. The van der Waals surface area contributed by atoms with Gasteiger partial charge in [-0.2, -0.15) is 0 Å². The van der Waals surface area contributed by atoms with Crippen molar-refractivity contribution in [2.75, 3.05) is 17.2 Å². The largest absolute Gasteiger partial charge is 0.481 e. The lowest BCUT2D eigenvalue weighted by Crippen LogP contribution is -2.25. The maximum Gasteiger partial charge on any atom is 0.308 e. The van der Waals surface area contributed by atoms with Crippen molar-refractivity contribution in [1.82, 2.24) is 0 Å². The molecule has 0 aromatic heterocycles. The summed E-state index contributed by atoms with van der Waals surface area (Å²) < 4.78 is 0. The highest BCUT2D eigenvalue weighted by Gasteiger charge is 2.34. The summed E-state index contributed by atoms with van der Waals surface area (Å²) in [6.07, 6.45) is 0.0692. The zero-order valence-electron chi connectivity index (χ0n) is 8.59. The van der Waals surface area contributed by atoms with Gasteiger partial charge in [-0.1, -0.05) is 0 Å². The first-order valence-corrected chi connectivity index (χ1v) is 4.96. The van der Waals surface area contributed by atoms with Gasteiger partial charge in [-0.15, -0.1) is 0 Å². The number of nitrogens with zero attached hydrogens (tertiary/aromatic N) is 1. The fourth-order valence-electron chi connectivity index (χ4n) is 1.78. The molecule has 1 aliphatic rings. The summed E-state index contributed by atoms with van der Waals surface area (Å²) in [5, 5.41) is 8.84. The van der Waals surface area contributed by atoms with Crippen LogP contribution in [-0.2, 0) is 9.59 Å². The number of hydrogen-bond acceptors (Lipinski definition) is 3. The lowest BCUT2D eigenvalue weighted by atomic mass is 10.1. The fraction of sp³-hybridized carbons (Fsp3) is 0.273. The SMILES string of the molecule is Nc1ccc(N2CC(C(=O)O)CC2=O)cc1. The van der Waals surface area contributed by atoms with E-state index in [9.17, 15) is 9.59 Å². The van der Waals surface area contributed by atoms with Gasteiger partial charge in [-0.05, 0) is 24.3 Å². The van der Waals surface area contributed by atoms with Crippen LogP contribution in [0.15, 0.2) is 24.3 Å². The van der Waals surface area contributed by atoms with Crippen LogP contribution in [0.2, 0.25) is 0 Å². The van der Waals surface area contributed by atoms with Crippen LogP contribution < -0.4 is 10.6 Å². The van der Waals surface area contributed by atoms with Crippen LogP contribution in [0.1, 0.15) is 6.42 Å². The van der Waals surface area contributed by atoms with Crippen LogP contribution in [0.5, 0.6) is 0 Å². The summed E-state index contributed by atoms with van der Waals surface area (Å²) in [6.45, 7) is 0.234. The second-order valence-corrected chi connectivity index (χ2v) is 3.84. The van der Waals surface area contributed by atoms with Crippen molar-refractivity contribution in [3.05, 3.63) is 24.3 Å². The average Bonchev–Trinajstić information content (AvgIpc) is 2.62. The summed E-state index contributed by atoms with van der Waals surface area (Å²) in [5.41, 5.74) is 6.85. The van der Waals surface area contributed by atoms with Gasteiger partial charge in [0.15, 0.2) is 0 Å². The molecule has 16 heavy (non-hydrogen) atoms. The molecule has 1 aliphatic heterocycles. The predicted octanol–water partition coefficient (Wildman–Crippen LogP) is 0.706. The fourth-order valence-corrected chi connectivity index (χ4v) is 1.78. The van der Waals surface area contributed by atoms with Crippen molar-refractivity contribution in [3.63, 3.8) is 0 Å². The molecule has 0 aliphatic carbocycles. The molecule has 1 unspecified atom stereocenters. The Labute approximate surface area is 92.5 Å². The molecular formula is C11H12N2O3. The number of hydrogen-bond donors (Lipinski definition) is 2. The highest BCUT2D eigenvalue weighted by atomic mass is 16.4. The normalized spacial score (nSPS) is 20.1. The van der Waals surface area contributed by atoms with Crippen molar-refractivity contribution in [2.45, 2.75) is 6.42 Å². The van der Waals surface area contributed by atoms with Crippen molar-refractivity contribution >= 4 is 23.3 Å². The summed E-state index contributed by atoms with van der Waals surface area (Å²) in [4.78, 5) is 23.9. The first-order chi connectivity index (χ1) is 7.58. The minimum Gasteiger partial charge on any atom is -0.481 e. The number of nitrogens with two attached hydrogens (primary N) is 1. The zero-order valence-corrected chi connectivity index (χ0v) is 8.59. The van der Waals surface area contributed by atoms with Gasteiger partial charge < -0.3 is 15.7 Å². The summed E-state index contributed by atoms with van der Waals surface area (Å²) in [5.74, 6) is -1.69. The average molecular weight is 220 g/mol. The molecule has 0 saturated carbocycles. The first-order valence-electron chi connectivity index (χ1n) is 4.96. The van der Waals surface area contributed by atoms with E-state index in [4.69, 9.17) is 10.8 Å². The minimum absolute atomic E-state index is 0.0692. The number of aliphatic carboxylic acids is 1. The molecule has 1 saturated heterocycles.